The van der Waals surface area contributed by atoms with Gasteiger partial charge in [-0.05, 0) is 91.3 Å². The van der Waals surface area contributed by atoms with Crippen LogP contribution >= 0.6 is 0 Å². The predicted molar refractivity (Wildman–Crippen MR) is 456 cm³/mol. The van der Waals surface area contributed by atoms with Gasteiger partial charge in [0.2, 0.25) is 0 Å². The molecule has 7 heterocycles. The number of ether oxygens (including phenoxy) is 15. The Bertz CT molecular complexity index is 4060. The van der Waals surface area contributed by atoms with Crippen molar-refractivity contribution < 1.29 is 171 Å². The second-order valence-corrected chi connectivity index (χ2v) is 35.4. The van der Waals surface area contributed by atoms with Crippen LogP contribution in [0.15, 0.2) is 96.1 Å². The number of carbonyl (C=O) groups is 4. The molecule has 3 aromatic carbocycles. The number of hydrogen-bond donors (Lipinski definition) is 22. The van der Waals surface area contributed by atoms with E-state index in [1.54, 1.807) is 55.5 Å². The third-order valence-corrected chi connectivity index (χ3v) is 26.0. The number of carbonyl (C=O) groups excluding carboxylic acids is 4. The van der Waals surface area contributed by atoms with Gasteiger partial charge in [-0.2, -0.15) is 0 Å². The molecule has 9 aliphatic rings. The summed E-state index contributed by atoms with van der Waals surface area (Å²) in [6, 6.07) is 21.6. The van der Waals surface area contributed by atoms with E-state index < -0.39 is 307 Å². The number of azide groups is 1. The van der Waals surface area contributed by atoms with Crippen LogP contribution in [0.5, 0.6) is 0 Å². The summed E-state index contributed by atoms with van der Waals surface area (Å²) in [4.78, 5) is 56.0. The van der Waals surface area contributed by atoms with Gasteiger partial charge in [-0.25, -0.2) is 18.4 Å². The molecule has 44 nitrogen and oxygen atoms in total. The molecule has 0 aromatic heterocycles. The van der Waals surface area contributed by atoms with Crippen molar-refractivity contribution in [1.82, 2.24) is 16.0 Å². The van der Waals surface area contributed by atoms with E-state index in [1.165, 1.54) is 6.92 Å². The highest BCUT2D eigenvalue weighted by molar-refractivity contribution is 5.84. The number of rotatable bonds is 41. The number of halogens is 2. The van der Waals surface area contributed by atoms with Gasteiger partial charge in [-0.15, -0.1) is 0 Å². The number of fused-ring (bicyclic) bond motifs is 1. The standard InChI is InChI=1S/C57H76FN5O18.C30H57FN6O15/c1-31-24-36(25-39(66)32(2)37(58)27-60-63-59)46(68)52(49(31)79-53-38(26-40(67)42(76-53)20-12-13-23-64)61-56(71)73-29-33-14-6-3-7-15-33)81-55-48(70)51(44(28-65)78-55)80-54-45(62-57(72)74-30-34-16-8-4-9-17-34)47(69)50-43(77-54)22-21-41(75-50)35-18-10-5-11-19-35;31-11(6-32)21(43)15(41)4-10-3-12(34)25(50-28-13(35)5-14(40)17(48-28)8-37-1-2-38)27(20(10)42)52-30-24(46)26(18(9-39)49-30)51-29-19(36)23(45)22(44)16(7-33)47-29/h3-11,14-19,31-32,36-38,40-55,64-65,67-70H,12-13,20-30H2,1-2H3,(H,61,71)(H,62,72);10-14,16-30,37-40,42-46H,1-9,32-36H2/t31-,32-,36-,37+,38+,40-,41?,42+,43-,44+,45+,46-,47+,48+,49+,50+,51+,52+,53+,54+,55-;10-,11+,12-,13+,14-,16-,17+,18+,19+,20-,21-,22+,23+,24+,25+,26+,27+,28+,29+,30-/m00/s1. The lowest BCUT2D eigenvalue weighted by atomic mass is 9.73. The van der Waals surface area contributed by atoms with Crippen LogP contribution in [-0.2, 0) is 93.9 Å². The molecule has 27 N–H and O–H groups in total. The summed E-state index contributed by atoms with van der Waals surface area (Å²) in [6.07, 6.45) is -44.5. The maximum absolute atomic E-state index is 15.1. The Kier molecular flexibility index (Phi) is 41.2. The fraction of sp³-hybridized carbons (Fsp3) is 0.747. The number of nitrogens with zero attached hydrogens (tertiary/aromatic N) is 3. The lowest BCUT2D eigenvalue weighted by Gasteiger charge is -2.48. The third kappa shape index (κ3) is 27.7. The first-order chi connectivity index (χ1) is 63.8. The fourth-order valence-electron chi connectivity index (χ4n) is 18.4. The van der Waals surface area contributed by atoms with Gasteiger partial charge < -0.3 is 187 Å². The SMILES string of the molecule is C[C@H](C(=O)C[C@@H]1C[C@H](C)[C@@H](O[C@H]2O[C@H](CCCCO)[C@@H](O)C[C@H]2NC(=O)OCc2ccccc2)[C@H](O[C@@H]2O[C@H](CO)[C@@H](O[C@H]3O[C@H]4CCC(c5ccccc5)O[C@H]4[C@H](O)[C@H]3NC(=O)OCc3ccccc3)[C@H]2O)[C@H]1O)[C@H](F)CN=[N+]=[N-].NC[C@@H](F)[C@H](O)C(=O)C[C@@H]1C[C@H](N)[C@@H](O[C@H]2O[C@H](CNCCO)[C@@H](O)C[C@H]2N)[C@H](O[C@@H]2O[C@H](CO)[C@@H](O[C@H]3O[C@@H](CN)[C@@H](O)[C@H](O)[C@H]3N)[C@H]2O)[C@H]1O. The molecule has 0 spiro atoms. The van der Waals surface area contributed by atoms with Crippen molar-refractivity contribution in [1.29, 1.82) is 0 Å². The number of benzene rings is 3. The largest absolute Gasteiger partial charge is 0.445 e. The highest BCUT2D eigenvalue weighted by Gasteiger charge is 2.59. The second-order valence-electron chi connectivity index (χ2n) is 35.4. The zero-order chi connectivity index (χ0) is 96.0. The van der Waals surface area contributed by atoms with E-state index in [0.717, 1.165) is 5.56 Å². The minimum absolute atomic E-state index is 0.0382. The number of unbranched alkanes of at least 4 members (excludes halogenated alkanes) is 1. The van der Waals surface area contributed by atoms with E-state index in [0.29, 0.717) is 43.2 Å². The van der Waals surface area contributed by atoms with Crippen LogP contribution < -0.4 is 44.6 Å². The Morgan fingerprint density at radius 1 is 0.534 bits per heavy atom. The van der Waals surface area contributed by atoms with E-state index in [-0.39, 0.29) is 78.2 Å². The Morgan fingerprint density at radius 2 is 1.07 bits per heavy atom. The van der Waals surface area contributed by atoms with Gasteiger partial charge in [0, 0.05) is 68.9 Å². The number of nitrogens with one attached hydrogen (secondary N) is 3. The molecule has 9 fully saturated rings. The van der Waals surface area contributed by atoms with Crippen LogP contribution in [0.25, 0.3) is 10.4 Å². The normalized spacial score (nSPS) is 38.9. The minimum atomic E-state index is -2.06. The monoisotopic (exact) mass is 1900 g/mol. The summed E-state index contributed by atoms with van der Waals surface area (Å²) in [5.41, 5.74) is 40.8. The molecule has 7 saturated heterocycles. The van der Waals surface area contributed by atoms with Crippen molar-refractivity contribution in [3.8, 4) is 0 Å². The first kappa shape index (κ1) is 107. The predicted octanol–water partition coefficient (Wildman–Crippen LogP) is -3.62. The molecule has 1 unspecified atom stereocenters. The molecule has 2 aliphatic carbocycles. The Morgan fingerprint density at radius 3 is 1.65 bits per heavy atom. The Balaban J connectivity index is 0.000000283. The van der Waals surface area contributed by atoms with E-state index >= 15 is 4.39 Å². The summed E-state index contributed by atoms with van der Waals surface area (Å²) < 4.78 is 121. The van der Waals surface area contributed by atoms with E-state index in [1.807, 2.05) is 42.5 Å². The summed E-state index contributed by atoms with van der Waals surface area (Å²) in [5, 5.41) is 164. The molecule has 748 valence electrons. The number of alkyl halides is 2. The van der Waals surface area contributed by atoms with Gasteiger partial charge in [-0.3, -0.25) is 9.59 Å². The summed E-state index contributed by atoms with van der Waals surface area (Å²) in [5.74, 6) is -5.31. The summed E-state index contributed by atoms with van der Waals surface area (Å²) in [6.45, 7) is 0.108. The smallest absolute Gasteiger partial charge is 0.407 e. The van der Waals surface area contributed by atoms with Crippen molar-refractivity contribution in [3.63, 3.8) is 0 Å². The van der Waals surface area contributed by atoms with Gasteiger partial charge in [-0.1, -0.05) is 110 Å². The number of hydrogen-bond acceptors (Lipinski definition) is 40. The van der Waals surface area contributed by atoms with Crippen LogP contribution in [0.2, 0.25) is 0 Å². The lowest BCUT2D eigenvalue weighted by Crippen LogP contribution is -2.66. The number of alkyl carbamates (subject to hydrolysis) is 2. The minimum Gasteiger partial charge on any atom is -0.445 e. The van der Waals surface area contributed by atoms with Gasteiger partial charge in [0.25, 0.3) is 0 Å². The van der Waals surface area contributed by atoms with E-state index in [9.17, 15) is 90.0 Å². The molecule has 2 saturated carbocycles. The van der Waals surface area contributed by atoms with Crippen LogP contribution in [0.3, 0.4) is 0 Å². The molecule has 3 aromatic rings. The molecule has 41 atom stereocenters. The molecule has 0 bridgehead atoms. The quantitative estimate of drug-likeness (QED) is 0.0113. The molecule has 133 heavy (non-hydrogen) atoms. The Labute approximate surface area is 766 Å². The van der Waals surface area contributed by atoms with E-state index in [4.69, 9.17) is 110 Å². The molecule has 12 rings (SSSR count). The molecule has 7 aliphatic heterocycles. The molecule has 46 heteroatoms. The number of aliphatic hydroxyl groups excluding tert-OH is 14. The highest BCUT2D eigenvalue weighted by atomic mass is 19.1. The zero-order valence-corrected chi connectivity index (χ0v) is 73.9. The topological polar surface area (TPSA) is 705 Å². The van der Waals surface area contributed by atoms with Crippen LogP contribution in [-0.4, -0.2) is 375 Å². The molecule has 2 amide bonds. The van der Waals surface area contributed by atoms with Crippen LogP contribution in [0.4, 0.5) is 18.4 Å². The van der Waals surface area contributed by atoms with E-state index in [2.05, 4.69) is 26.0 Å². The number of ketones is 2. The van der Waals surface area contributed by atoms with Crippen molar-refractivity contribution >= 4 is 23.8 Å². The number of Topliss-reactive ketones (excluding diaryl/α,β-unsaturated/α-hetero) is 2. The van der Waals surface area contributed by atoms with Gasteiger partial charge in [0.15, 0.2) is 43.5 Å². The fourth-order valence-corrected chi connectivity index (χ4v) is 18.4. The third-order valence-electron chi connectivity index (χ3n) is 26.0. The lowest BCUT2D eigenvalue weighted by molar-refractivity contribution is -0.311. The van der Waals surface area contributed by atoms with Gasteiger partial charge in [0.05, 0.1) is 99.4 Å². The first-order valence-electron chi connectivity index (χ1n) is 45.3. The first-order valence-corrected chi connectivity index (χ1v) is 45.3. The second kappa shape index (κ2) is 51.3. The van der Waals surface area contributed by atoms with Crippen molar-refractivity contribution in [2.24, 2.45) is 57.5 Å². The summed E-state index contributed by atoms with van der Waals surface area (Å²) >= 11 is 0. The molecular formula is C87H133F2N11O33. The van der Waals surface area contributed by atoms with Gasteiger partial charge >= 0.3 is 12.2 Å². The summed E-state index contributed by atoms with van der Waals surface area (Å²) in [7, 11) is 0. The molecule has 0 radical (unpaired) electrons. The van der Waals surface area contributed by atoms with Crippen LogP contribution in [0, 0.1) is 23.7 Å². The Hall–Kier alpha value is -6.61. The van der Waals surface area contributed by atoms with Crippen molar-refractivity contribution in [2.45, 2.75) is 324 Å². The maximum atomic E-state index is 15.1. The van der Waals surface area contributed by atoms with Crippen molar-refractivity contribution in [3.05, 3.63) is 118 Å². The zero-order valence-electron chi connectivity index (χ0n) is 73.9. The average molecular weight is 1900 g/mol. The number of nitrogens with two attached hydrogens (primary N) is 5. The maximum Gasteiger partial charge on any atom is 0.407 e. The average Bonchev–Trinajstić information content (AvgIpc) is 1.76. The number of aliphatic hydroxyl groups is 14. The highest BCUT2D eigenvalue weighted by Crippen LogP contribution is 2.45. The van der Waals surface area contributed by atoms with Crippen molar-refractivity contribution in [2.75, 3.05) is 59.2 Å². The van der Waals surface area contributed by atoms with Gasteiger partial charge in [0.1, 0.15) is 129 Å². The molecular weight excluding hydrogens is 1760 g/mol. The number of amides is 2. The van der Waals surface area contributed by atoms with Crippen LogP contribution in [0.1, 0.15) is 107 Å².